The normalized spacial score (nSPS) is 20.3. The number of benzene rings is 1. The van der Waals surface area contributed by atoms with Crippen LogP contribution in [-0.4, -0.2) is 54.0 Å². The molecule has 1 saturated heterocycles. The molecule has 0 amide bonds. The van der Waals surface area contributed by atoms with E-state index in [9.17, 15) is 4.79 Å². The molecular weight excluding hydrogens is 330 g/mol. The van der Waals surface area contributed by atoms with Crippen molar-refractivity contribution in [2.45, 2.75) is 13.5 Å². The first-order valence-electron chi connectivity index (χ1n) is 8.75. The Balaban J connectivity index is 1.60. The average Bonchev–Trinajstić information content (AvgIpc) is 3.29. The number of carbonyl (C=O) groups is 1. The number of rotatable bonds is 4. The number of hydrogen-bond acceptors (Lipinski definition) is 4. The van der Waals surface area contributed by atoms with Gasteiger partial charge in [0.2, 0.25) is 0 Å². The number of methoxy groups -OCH3 is 1. The highest BCUT2D eigenvalue weighted by Crippen LogP contribution is 2.24. The fourth-order valence-corrected chi connectivity index (χ4v) is 3.31. The summed E-state index contributed by atoms with van der Waals surface area (Å²) in [6.07, 6.45) is 1.83. The van der Waals surface area contributed by atoms with E-state index >= 15 is 0 Å². The predicted octanol–water partition coefficient (Wildman–Crippen LogP) is 1.89. The van der Waals surface area contributed by atoms with Crippen molar-refractivity contribution in [2.75, 3.05) is 27.2 Å². The third kappa shape index (κ3) is 3.87. The minimum Gasteiger partial charge on any atom is -0.469 e. The summed E-state index contributed by atoms with van der Waals surface area (Å²) < 4.78 is 4.90. The zero-order chi connectivity index (χ0) is 18.5. The monoisotopic (exact) mass is 355 g/mol. The van der Waals surface area contributed by atoms with Crippen LogP contribution < -0.4 is 5.32 Å². The zero-order valence-corrected chi connectivity index (χ0v) is 15.4. The molecule has 7 heteroatoms. The molecule has 3 rings (SSSR count). The number of nitrogens with zero attached hydrogens (tertiary/aromatic N) is 3. The molecule has 7 nitrogen and oxygen atoms in total. The van der Waals surface area contributed by atoms with Crippen LogP contribution in [0.3, 0.4) is 0 Å². The average molecular weight is 355 g/mol. The van der Waals surface area contributed by atoms with E-state index in [1.165, 1.54) is 7.11 Å². The van der Waals surface area contributed by atoms with Gasteiger partial charge < -0.3 is 19.9 Å². The van der Waals surface area contributed by atoms with E-state index in [1.807, 2.05) is 36.5 Å². The van der Waals surface area contributed by atoms with Gasteiger partial charge in [0.25, 0.3) is 0 Å². The minimum atomic E-state index is -0.158. The van der Waals surface area contributed by atoms with Crippen molar-refractivity contribution in [2.24, 2.45) is 16.8 Å². The second-order valence-electron chi connectivity index (χ2n) is 6.52. The summed E-state index contributed by atoms with van der Waals surface area (Å²) in [5.74, 6) is 1.55. The summed E-state index contributed by atoms with van der Waals surface area (Å²) in [6, 6.07) is 10.1. The van der Waals surface area contributed by atoms with Gasteiger partial charge in [0.1, 0.15) is 5.82 Å². The van der Waals surface area contributed by atoms with Crippen molar-refractivity contribution in [1.82, 2.24) is 20.2 Å². The van der Waals surface area contributed by atoms with Crippen LogP contribution in [-0.2, 0) is 16.1 Å². The summed E-state index contributed by atoms with van der Waals surface area (Å²) in [7, 11) is 3.18. The topological polar surface area (TPSA) is 82.6 Å². The molecule has 1 aliphatic heterocycles. The van der Waals surface area contributed by atoms with Gasteiger partial charge in [-0.05, 0) is 11.5 Å². The number of aromatic amines is 1. The van der Waals surface area contributed by atoms with Crippen LogP contribution >= 0.6 is 0 Å². The Kier molecular flexibility index (Phi) is 5.55. The predicted molar refractivity (Wildman–Crippen MR) is 100 cm³/mol. The molecule has 138 valence electrons. The highest BCUT2D eigenvalue weighted by molar-refractivity contribution is 5.82. The molecule has 0 aliphatic carbocycles. The number of aromatic nitrogens is 2. The van der Waals surface area contributed by atoms with E-state index in [0.717, 1.165) is 29.6 Å². The maximum absolute atomic E-state index is 11.9. The molecule has 2 aromatic rings. The smallest absolute Gasteiger partial charge is 0.310 e. The van der Waals surface area contributed by atoms with Crippen LogP contribution in [0.15, 0.2) is 41.5 Å². The summed E-state index contributed by atoms with van der Waals surface area (Å²) in [6.45, 7) is 3.98. The lowest BCUT2D eigenvalue weighted by Crippen LogP contribution is -2.40. The third-order valence-corrected chi connectivity index (χ3v) is 4.75. The number of nitrogens with one attached hydrogen (secondary N) is 2. The second kappa shape index (κ2) is 8.03. The lowest BCUT2D eigenvalue weighted by Gasteiger charge is -2.21. The number of H-pyrrole nitrogens is 1. The molecule has 2 heterocycles. The second-order valence-corrected chi connectivity index (χ2v) is 6.52. The molecule has 0 saturated carbocycles. The Labute approximate surface area is 153 Å². The molecule has 2 N–H and O–H groups in total. The van der Waals surface area contributed by atoms with Gasteiger partial charge in [-0.25, -0.2) is 4.98 Å². The Bertz CT molecular complexity index is 771. The quantitative estimate of drug-likeness (QED) is 0.497. The number of ether oxygens (including phenoxy) is 1. The molecule has 2 atom stereocenters. The largest absolute Gasteiger partial charge is 0.469 e. The zero-order valence-electron chi connectivity index (χ0n) is 15.4. The van der Waals surface area contributed by atoms with E-state index in [-0.39, 0.29) is 17.8 Å². The molecule has 2 unspecified atom stereocenters. The first-order chi connectivity index (χ1) is 12.6. The van der Waals surface area contributed by atoms with Crippen molar-refractivity contribution in [3.63, 3.8) is 0 Å². The fraction of sp³-hybridized carbons (Fsp3) is 0.421. The Morgan fingerprint density at radius 3 is 2.85 bits per heavy atom. The van der Waals surface area contributed by atoms with Gasteiger partial charge in [-0.1, -0.05) is 37.3 Å². The van der Waals surface area contributed by atoms with Crippen LogP contribution in [0.5, 0.6) is 0 Å². The molecule has 1 aliphatic rings. The number of imidazole rings is 1. The number of hydrogen-bond donors (Lipinski definition) is 2. The molecule has 0 bridgehead atoms. The van der Waals surface area contributed by atoms with Gasteiger partial charge in [0.15, 0.2) is 5.96 Å². The van der Waals surface area contributed by atoms with E-state index in [0.29, 0.717) is 13.1 Å². The number of aliphatic imine (C=N–C) groups is 1. The highest BCUT2D eigenvalue weighted by Gasteiger charge is 2.36. The van der Waals surface area contributed by atoms with Crippen LogP contribution in [0.25, 0.3) is 11.3 Å². The van der Waals surface area contributed by atoms with Crippen LogP contribution in [0.4, 0.5) is 0 Å². The fourth-order valence-electron chi connectivity index (χ4n) is 3.31. The van der Waals surface area contributed by atoms with Crippen LogP contribution in [0, 0.1) is 11.8 Å². The van der Waals surface area contributed by atoms with E-state index in [4.69, 9.17) is 4.74 Å². The van der Waals surface area contributed by atoms with Crippen molar-refractivity contribution >= 4 is 11.9 Å². The van der Waals surface area contributed by atoms with Gasteiger partial charge in [0, 0.05) is 20.1 Å². The standard InChI is InChI=1S/C19H25N5O2/c1-13-11-24(12-15(13)18(25)26-3)19(20-2)22-10-17-21-9-16(23-17)14-7-5-4-6-8-14/h4-9,13,15H,10-12H2,1-3H3,(H,20,22)(H,21,23). The number of esters is 1. The summed E-state index contributed by atoms with van der Waals surface area (Å²) >= 11 is 0. The van der Waals surface area contributed by atoms with Crippen molar-refractivity contribution in [1.29, 1.82) is 0 Å². The molecule has 1 aromatic heterocycles. The van der Waals surface area contributed by atoms with E-state index in [1.54, 1.807) is 7.05 Å². The first kappa shape index (κ1) is 18.0. The van der Waals surface area contributed by atoms with Crippen LogP contribution in [0.2, 0.25) is 0 Å². The third-order valence-electron chi connectivity index (χ3n) is 4.75. The number of carbonyl (C=O) groups excluding carboxylic acids is 1. The Morgan fingerprint density at radius 2 is 2.15 bits per heavy atom. The molecular formula is C19H25N5O2. The van der Waals surface area contributed by atoms with Crippen LogP contribution in [0.1, 0.15) is 12.7 Å². The minimum absolute atomic E-state index is 0.119. The summed E-state index contributed by atoms with van der Waals surface area (Å²) in [5, 5.41) is 3.32. The van der Waals surface area contributed by atoms with Crippen molar-refractivity contribution in [3.8, 4) is 11.3 Å². The lowest BCUT2D eigenvalue weighted by molar-refractivity contribution is -0.145. The first-order valence-corrected chi connectivity index (χ1v) is 8.75. The Morgan fingerprint density at radius 1 is 1.38 bits per heavy atom. The maximum Gasteiger partial charge on any atom is 0.310 e. The van der Waals surface area contributed by atoms with Gasteiger partial charge >= 0.3 is 5.97 Å². The summed E-state index contributed by atoms with van der Waals surface area (Å²) in [4.78, 5) is 26.1. The maximum atomic E-state index is 11.9. The molecule has 26 heavy (non-hydrogen) atoms. The number of likely N-dealkylation sites (tertiary alicyclic amines) is 1. The summed E-state index contributed by atoms with van der Waals surface area (Å²) in [5.41, 5.74) is 2.09. The SMILES string of the molecule is CN=C(NCc1ncc(-c2ccccc2)[nH]1)N1CC(C)C(C(=O)OC)C1. The highest BCUT2D eigenvalue weighted by atomic mass is 16.5. The molecule has 0 radical (unpaired) electrons. The number of guanidine groups is 1. The lowest BCUT2D eigenvalue weighted by atomic mass is 9.99. The van der Waals surface area contributed by atoms with Gasteiger partial charge in [-0.3, -0.25) is 9.79 Å². The van der Waals surface area contributed by atoms with Gasteiger partial charge in [-0.15, -0.1) is 0 Å². The van der Waals surface area contributed by atoms with E-state index < -0.39 is 0 Å². The van der Waals surface area contributed by atoms with E-state index in [2.05, 4.69) is 32.1 Å². The molecule has 1 aromatic carbocycles. The molecule has 0 spiro atoms. The Hall–Kier alpha value is -2.83. The van der Waals surface area contributed by atoms with Crippen molar-refractivity contribution < 1.29 is 9.53 Å². The van der Waals surface area contributed by atoms with Crippen molar-refractivity contribution in [3.05, 3.63) is 42.4 Å². The van der Waals surface area contributed by atoms with Gasteiger partial charge in [-0.2, -0.15) is 0 Å². The van der Waals surface area contributed by atoms with Gasteiger partial charge in [0.05, 0.1) is 31.5 Å². The molecule has 1 fully saturated rings.